The first-order valence-electron chi connectivity index (χ1n) is 4.82. The molecule has 1 aromatic rings. The van der Waals surface area contributed by atoms with Crippen LogP contribution >= 0.6 is 0 Å². The lowest BCUT2D eigenvalue weighted by Crippen LogP contribution is -2.12. The molecule has 0 aromatic heterocycles. The van der Waals surface area contributed by atoms with Crippen molar-refractivity contribution in [2.45, 2.75) is 6.42 Å². The fourth-order valence-corrected chi connectivity index (χ4v) is 1.52. The quantitative estimate of drug-likeness (QED) is 0.612. The second-order valence-corrected chi connectivity index (χ2v) is 3.39. The lowest BCUT2D eigenvalue weighted by atomic mass is 10.1. The van der Waals surface area contributed by atoms with Gasteiger partial charge in [-0.05, 0) is 17.7 Å². The second-order valence-electron chi connectivity index (χ2n) is 3.39. The summed E-state index contributed by atoms with van der Waals surface area (Å²) in [5.74, 6) is -1.11. The molecule has 0 saturated carbocycles. The average Bonchev–Trinajstić information content (AvgIpc) is 2.56. The lowest BCUT2D eigenvalue weighted by molar-refractivity contribution is -0.112. The van der Waals surface area contributed by atoms with Crippen LogP contribution in [0.5, 0.6) is 0 Å². The van der Waals surface area contributed by atoms with E-state index in [0.29, 0.717) is 17.7 Å². The molecule has 4 heteroatoms. The summed E-state index contributed by atoms with van der Waals surface area (Å²) in [5, 5.41) is 2.47. The topological polar surface area (TPSA) is 63.2 Å². The van der Waals surface area contributed by atoms with Crippen LogP contribution in [0.25, 0.3) is 6.08 Å². The highest BCUT2D eigenvalue weighted by molar-refractivity contribution is 6.51. The summed E-state index contributed by atoms with van der Waals surface area (Å²) in [7, 11) is 0. The number of allylic oxidation sites excluding steroid dienone is 1. The second kappa shape index (κ2) is 4.10. The molecule has 1 amide bonds. The Morgan fingerprint density at radius 2 is 2.06 bits per heavy atom. The van der Waals surface area contributed by atoms with E-state index in [9.17, 15) is 14.4 Å². The maximum absolute atomic E-state index is 11.4. The van der Waals surface area contributed by atoms with Crippen LogP contribution in [0.2, 0.25) is 0 Å². The number of ketones is 1. The van der Waals surface area contributed by atoms with E-state index in [4.69, 9.17) is 0 Å². The summed E-state index contributed by atoms with van der Waals surface area (Å²) >= 11 is 0. The lowest BCUT2D eigenvalue weighted by Gasteiger charge is -1.97. The zero-order valence-corrected chi connectivity index (χ0v) is 8.40. The van der Waals surface area contributed by atoms with Crippen LogP contribution in [-0.2, 0) is 9.59 Å². The van der Waals surface area contributed by atoms with Gasteiger partial charge in [0, 0.05) is 6.42 Å². The van der Waals surface area contributed by atoms with Gasteiger partial charge >= 0.3 is 0 Å². The zero-order valence-electron chi connectivity index (χ0n) is 8.40. The summed E-state index contributed by atoms with van der Waals surface area (Å²) in [5.41, 5.74) is 1.73. The maximum Gasteiger partial charge on any atom is 0.296 e. The minimum absolute atomic E-state index is 0.336. The van der Waals surface area contributed by atoms with Crippen molar-refractivity contribution in [3.8, 4) is 0 Å². The van der Waals surface area contributed by atoms with Gasteiger partial charge in [0.1, 0.15) is 6.29 Å². The Morgan fingerprint density at radius 1 is 1.25 bits per heavy atom. The van der Waals surface area contributed by atoms with E-state index in [-0.39, 0.29) is 0 Å². The van der Waals surface area contributed by atoms with Crippen molar-refractivity contribution in [1.29, 1.82) is 0 Å². The van der Waals surface area contributed by atoms with Crippen molar-refractivity contribution in [3.63, 3.8) is 0 Å². The van der Waals surface area contributed by atoms with E-state index < -0.39 is 11.7 Å². The number of anilines is 1. The molecule has 0 unspecified atom stereocenters. The van der Waals surface area contributed by atoms with E-state index in [1.807, 2.05) is 0 Å². The number of aldehydes is 1. The van der Waals surface area contributed by atoms with Crippen LogP contribution in [-0.4, -0.2) is 18.0 Å². The van der Waals surface area contributed by atoms with Gasteiger partial charge in [-0.1, -0.05) is 18.2 Å². The molecule has 1 heterocycles. The van der Waals surface area contributed by atoms with Crippen LogP contribution in [0, 0.1) is 0 Å². The Bertz CT molecular complexity index is 503. The number of carbonyl (C=O) groups excluding carboxylic acids is 3. The fourth-order valence-electron chi connectivity index (χ4n) is 1.52. The van der Waals surface area contributed by atoms with Crippen molar-refractivity contribution in [2.75, 3.05) is 5.32 Å². The molecule has 80 valence electrons. The van der Waals surface area contributed by atoms with Gasteiger partial charge in [0.15, 0.2) is 0 Å². The van der Waals surface area contributed by atoms with Gasteiger partial charge < -0.3 is 10.1 Å². The van der Waals surface area contributed by atoms with Crippen molar-refractivity contribution in [3.05, 3.63) is 35.4 Å². The van der Waals surface area contributed by atoms with Crippen molar-refractivity contribution >= 4 is 29.7 Å². The summed E-state index contributed by atoms with van der Waals surface area (Å²) in [6, 6.07) is 5.09. The molecular weight excluding hydrogens is 206 g/mol. The van der Waals surface area contributed by atoms with Gasteiger partial charge in [-0.3, -0.25) is 9.59 Å². The number of amides is 1. The first-order chi connectivity index (χ1) is 7.72. The molecule has 1 N–H and O–H groups in total. The highest BCUT2D eigenvalue weighted by Crippen LogP contribution is 2.24. The molecule has 4 nitrogen and oxygen atoms in total. The molecule has 0 bridgehead atoms. The normalized spacial score (nSPS) is 14.0. The number of hydrogen-bond donors (Lipinski definition) is 1. The molecule has 1 aliphatic heterocycles. The number of rotatable bonds is 3. The van der Waals surface area contributed by atoms with Gasteiger partial charge in [-0.25, -0.2) is 0 Å². The average molecular weight is 215 g/mol. The van der Waals surface area contributed by atoms with Crippen molar-refractivity contribution < 1.29 is 14.4 Å². The third-order valence-electron chi connectivity index (χ3n) is 2.29. The minimum atomic E-state index is -0.593. The fraction of sp³-hybridized carbons (Fsp3) is 0.0833. The minimum Gasteiger partial charge on any atom is -0.318 e. The molecule has 0 fully saturated rings. The van der Waals surface area contributed by atoms with Crippen LogP contribution in [0.3, 0.4) is 0 Å². The van der Waals surface area contributed by atoms with Crippen LogP contribution in [0.15, 0.2) is 24.3 Å². The van der Waals surface area contributed by atoms with Crippen molar-refractivity contribution in [2.24, 2.45) is 0 Å². The summed E-state index contributed by atoms with van der Waals surface area (Å²) in [6.45, 7) is 0. The van der Waals surface area contributed by atoms with E-state index >= 15 is 0 Å². The molecule has 0 aliphatic carbocycles. The zero-order chi connectivity index (χ0) is 11.5. The summed E-state index contributed by atoms with van der Waals surface area (Å²) in [4.78, 5) is 32.6. The number of hydrogen-bond acceptors (Lipinski definition) is 3. The first kappa shape index (κ1) is 10.3. The Labute approximate surface area is 92.0 Å². The van der Waals surface area contributed by atoms with Gasteiger partial charge in [0.25, 0.3) is 11.7 Å². The third-order valence-corrected chi connectivity index (χ3v) is 2.29. The van der Waals surface area contributed by atoms with Crippen LogP contribution in [0.1, 0.15) is 22.3 Å². The largest absolute Gasteiger partial charge is 0.318 e. The predicted octanol–water partition coefficient (Wildman–Crippen LogP) is 1.42. The number of benzene rings is 1. The standard InChI is InChI=1S/C12H9NO3/c14-6-2-1-3-8-4-5-10-9(7-8)11(15)12(16)13-10/h1,3-7H,2H2,(H,13,15,16). The monoisotopic (exact) mass is 215 g/mol. The Morgan fingerprint density at radius 3 is 2.81 bits per heavy atom. The molecule has 1 aromatic carbocycles. The maximum atomic E-state index is 11.4. The Balaban J connectivity index is 2.30. The van der Waals surface area contributed by atoms with Crippen LogP contribution < -0.4 is 5.32 Å². The van der Waals surface area contributed by atoms with E-state index in [1.54, 1.807) is 30.4 Å². The first-order valence-corrected chi connectivity index (χ1v) is 4.82. The Hall–Kier alpha value is -2.23. The highest BCUT2D eigenvalue weighted by Gasteiger charge is 2.27. The number of nitrogens with one attached hydrogen (secondary N) is 1. The highest BCUT2D eigenvalue weighted by atomic mass is 16.2. The van der Waals surface area contributed by atoms with E-state index in [1.165, 1.54) is 0 Å². The summed E-state index contributed by atoms with van der Waals surface area (Å²) in [6.07, 6.45) is 4.57. The molecule has 0 saturated heterocycles. The predicted molar refractivity (Wildman–Crippen MR) is 59.1 cm³/mol. The molecule has 1 aliphatic rings. The number of Topliss-reactive ketones (excluding diaryl/α,β-unsaturated/α-hetero) is 1. The molecule has 2 rings (SSSR count). The van der Waals surface area contributed by atoms with Crippen LogP contribution in [0.4, 0.5) is 5.69 Å². The van der Waals surface area contributed by atoms with Gasteiger partial charge in [0.2, 0.25) is 0 Å². The van der Waals surface area contributed by atoms with Gasteiger partial charge in [-0.15, -0.1) is 0 Å². The molecule has 0 spiro atoms. The Kier molecular flexibility index (Phi) is 2.64. The van der Waals surface area contributed by atoms with E-state index in [2.05, 4.69) is 5.32 Å². The summed E-state index contributed by atoms with van der Waals surface area (Å²) < 4.78 is 0. The number of fused-ring (bicyclic) bond motifs is 1. The van der Waals surface area contributed by atoms with Gasteiger partial charge in [0.05, 0.1) is 11.3 Å². The smallest absolute Gasteiger partial charge is 0.296 e. The third kappa shape index (κ3) is 1.77. The van der Waals surface area contributed by atoms with Gasteiger partial charge in [-0.2, -0.15) is 0 Å². The SMILES string of the molecule is O=CCC=Cc1ccc2c(c1)C(=O)C(=O)N2. The van der Waals surface area contributed by atoms with Crippen molar-refractivity contribution in [1.82, 2.24) is 0 Å². The molecule has 16 heavy (non-hydrogen) atoms. The molecule has 0 atom stereocenters. The molecular formula is C12H9NO3. The number of carbonyl (C=O) groups is 3. The molecule has 0 radical (unpaired) electrons. The van der Waals surface area contributed by atoms with E-state index in [0.717, 1.165) is 11.8 Å².